The third kappa shape index (κ3) is 4.01. The minimum absolute atomic E-state index is 0.0623. The lowest BCUT2D eigenvalue weighted by Crippen LogP contribution is -2.28. The summed E-state index contributed by atoms with van der Waals surface area (Å²) in [4.78, 5) is 12.9. The highest BCUT2D eigenvalue weighted by atomic mass is 16.1. The second kappa shape index (κ2) is 8.65. The number of rotatable bonds is 8. The van der Waals surface area contributed by atoms with E-state index in [2.05, 4.69) is 44.5 Å². The van der Waals surface area contributed by atoms with Crippen molar-refractivity contribution >= 4 is 22.5 Å². The summed E-state index contributed by atoms with van der Waals surface area (Å²) >= 11 is 0. The molecule has 2 aromatic carbocycles. The van der Waals surface area contributed by atoms with Crippen LogP contribution >= 0.6 is 0 Å². The number of hydrogen-bond donors (Lipinski definition) is 3. The standard InChI is InChI=1S/C23H25N5O/c1-2-15-28-21-10-6-9-18(19(21)16-22(28)20-11-12-26-27-20)23(29)25-14-13-24-17-7-4-3-5-8-17/h3-12,16,24H,2,13-15H2,1H3,(H,25,29)(H,26,27). The molecule has 29 heavy (non-hydrogen) atoms. The van der Waals surface area contributed by atoms with Gasteiger partial charge < -0.3 is 15.2 Å². The van der Waals surface area contributed by atoms with Crippen LogP contribution in [0.1, 0.15) is 23.7 Å². The molecule has 0 atom stereocenters. The lowest BCUT2D eigenvalue weighted by atomic mass is 10.1. The van der Waals surface area contributed by atoms with Crippen molar-refractivity contribution in [3.63, 3.8) is 0 Å². The Hall–Kier alpha value is -3.54. The quantitative estimate of drug-likeness (QED) is 0.395. The molecule has 0 aliphatic carbocycles. The molecule has 0 aliphatic heterocycles. The summed E-state index contributed by atoms with van der Waals surface area (Å²) in [5.41, 5.74) is 4.69. The maximum atomic E-state index is 12.9. The number of benzene rings is 2. The van der Waals surface area contributed by atoms with Crippen molar-refractivity contribution in [3.05, 3.63) is 72.4 Å². The summed E-state index contributed by atoms with van der Waals surface area (Å²) in [6, 6.07) is 19.9. The topological polar surface area (TPSA) is 74.7 Å². The maximum Gasteiger partial charge on any atom is 0.252 e. The summed E-state index contributed by atoms with van der Waals surface area (Å²) in [5.74, 6) is -0.0623. The van der Waals surface area contributed by atoms with Crippen LogP contribution < -0.4 is 10.6 Å². The summed E-state index contributed by atoms with van der Waals surface area (Å²) < 4.78 is 2.24. The molecule has 0 aliphatic rings. The van der Waals surface area contributed by atoms with Crippen LogP contribution in [-0.4, -0.2) is 33.8 Å². The minimum atomic E-state index is -0.0623. The van der Waals surface area contributed by atoms with Crippen LogP contribution in [0.25, 0.3) is 22.3 Å². The Balaban J connectivity index is 1.54. The van der Waals surface area contributed by atoms with Crippen molar-refractivity contribution < 1.29 is 4.79 Å². The van der Waals surface area contributed by atoms with Gasteiger partial charge in [0.15, 0.2) is 0 Å². The fraction of sp³-hybridized carbons (Fsp3) is 0.217. The maximum absolute atomic E-state index is 12.9. The van der Waals surface area contributed by atoms with Crippen LogP contribution in [0, 0.1) is 0 Å². The van der Waals surface area contributed by atoms with Crippen LogP contribution in [0.5, 0.6) is 0 Å². The van der Waals surface area contributed by atoms with E-state index < -0.39 is 0 Å². The Morgan fingerprint density at radius 3 is 2.69 bits per heavy atom. The van der Waals surface area contributed by atoms with E-state index in [0.29, 0.717) is 18.7 Å². The molecule has 148 valence electrons. The SMILES string of the molecule is CCCn1c(-c2cc[nH]n2)cc2c(C(=O)NCCNc3ccccc3)cccc21. The molecule has 0 fully saturated rings. The molecule has 4 rings (SSSR count). The van der Waals surface area contributed by atoms with Gasteiger partial charge >= 0.3 is 0 Å². The molecule has 0 saturated heterocycles. The Morgan fingerprint density at radius 1 is 1.07 bits per heavy atom. The van der Waals surface area contributed by atoms with E-state index in [1.54, 1.807) is 0 Å². The molecule has 4 aromatic rings. The van der Waals surface area contributed by atoms with E-state index in [1.165, 1.54) is 0 Å². The van der Waals surface area contributed by atoms with Crippen LogP contribution in [0.4, 0.5) is 5.69 Å². The van der Waals surface area contributed by atoms with E-state index in [4.69, 9.17) is 0 Å². The molecule has 6 nitrogen and oxygen atoms in total. The van der Waals surface area contributed by atoms with Gasteiger partial charge in [-0.05, 0) is 42.8 Å². The Labute approximate surface area is 169 Å². The second-order valence-electron chi connectivity index (χ2n) is 6.93. The van der Waals surface area contributed by atoms with E-state index in [0.717, 1.165) is 40.9 Å². The van der Waals surface area contributed by atoms with E-state index in [9.17, 15) is 4.79 Å². The minimum Gasteiger partial charge on any atom is -0.383 e. The molecule has 2 heterocycles. The third-order valence-electron chi connectivity index (χ3n) is 4.91. The number of para-hydroxylation sites is 1. The van der Waals surface area contributed by atoms with Gasteiger partial charge in [-0.3, -0.25) is 9.89 Å². The average Bonchev–Trinajstić information content (AvgIpc) is 3.40. The molecule has 0 radical (unpaired) electrons. The van der Waals surface area contributed by atoms with Crippen LogP contribution in [0.2, 0.25) is 0 Å². The first-order valence-electron chi connectivity index (χ1n) is 9.97. The largest absolute Gasteiger partial charge is 0.383 e. The van der Waals surface area contributed by atoms with E-state index >= 15 is 0 Å². The van der Waals surface area contributed by atoms with Gasteiger partial charge in [0, 0.05) is 48.0 Å². The molecule has 0 spiro atoms. The second-order valence-corrected chi connectivity index (χ2v) is 6.93. The Morgan fingerprint density at radius 2 is 1.93 bits per heavy atom. The van der Waals surface area contributed by atoms with Crippen molar-refractivity contribution in [1.82, 2.24) is 20.1 Å². The number of carbonyl (C=O) groups excluding carboxylic acids is 1. The number of nitrogens with zero attached hydrogens (tertiary/aromatic N) is 2. The van der Waals surface area contributed by atoms with Gasteiger partial charge in [0.1, 0.15) is 5.69 Å². The number of H-pyrrole nitrogens is 1. The molecule has 0 bridgehead atoms. The summed E-state index contributed by atoms with van der Waals surface area (Å²) in [6.45, 7) is 4.24. The third-order valence-corrected chi connectivity index (χ3v) is 4.91. The molecule has 0 saturated carbocycles. The van der Waals surface area contributed by atoms with Crippen LogP contribution in [-0.2, 0) is 6.54 Å². The van der Waals surface area contributed by atoms with Gasteiger partial charge in [0.25, 0.3) is 5.91 Å². The number of aromatic amines is 1. The molecule has 3 N–H and O–H groups in total. The predicted molar refractivity (Wildman–Crippen MR) is 117 cm³/mol. The number of hydrogen-bond acceptors (Lipinski definition) is 3. The highest BCUT2D eigenvalue weighted by molar-refractivity contribution is 6.07. The summed E-state index contributed by atoms with van der Waals surface area (Å²) in [7, 11) is 0. The molecular formula is C23H25N5O. The number of aryl methyl sites for hydroxylation is 1. The first-order valence-corrected chi connectivity index (χ1v) is 9.97. The lowest BCUT2D eigenvalue weighted by molar-refractivity contribution is 0.0957. The van der Waals surface area contributed by atoms with Gasteiger partial charge in [-0.25, -0.2) is 0 Å². The smallest absolute Gasteiger partial charge is 0.252 e. The Kier molecular flexibility index (Phi) is 5.61. The normalized spacial score (nSPS) is 10.9. The van der Waals surface area contributed by atoms with Gasteiger partial charge in [-0.2, -0.15) is 5.10 Å². The number of fused-ring (bicyclic) bond motifs is 1. The Bertz CT molecular complexity index is 1080. The number of anilines is 1. The first kappa shape index (κ1) is 18.8. The first-order chi connectivity index (χ1) is 14.3. The zero-order chi connectivity index (χ0) is 20.1. The molecule has 0 unspecified atom stereocenters. The lowest BCUT2D eigenvalue weighted by Gasteiger charge is -2.10. The predicted octanol–water partition coefficient (Wildman–Crippen LogP) is 4.28. The fourth-order valence-electron chi connectivity index (χ4n) is 3.60. The van der Waals surface area contributed by atoms with E-state index in [-0.39, 0.29) is 5.91 Å². The van der Waals surface area contributed by atoms with Crippen LogP contribution in [0.3, 0.4) is 0 Å². The number of amides is 1. The fourth-order valence-corrected chi connectivity index (χ4v) is 3.60. The van der Waals surface area contributed by atoms with Crippen molar-refractivity contribution in [2.75, 3.05) is 18.4 Å². The highest BCUT2D eigenvalue weighted by Gasteiger charge is 2.17. The van der Waals surface area contributed by atoms with Gasteiger partial charge in [-0.1, -0.05) is 31.2 Å². The van der Waals surface area contributed by atoms with Crippen molar-refractivity contribution in [2.24, 2.45) is 0 Å². The van der Waals surface area contributed by atoms with Crippen LogP contribution in [0.15, 0.2) is 66.9 Å². The zero-order valence-electron chi connectivity index (χ0n) is 16.5. The average molecular weight is 387 g/mol. The zero-order valence-corrected chi connectivity index (χ0v) is 16.5. The summed E-state index contributed by atoms with van der Waals surface area (Å²) in [5, 5.41) is 14.5. The molecular weight excluding hydrogens is 362 g/mol. The van der Waals surface area contributed by atoms with Gasteiger partial charge in [0.2, 0.25) is 0 Å². The highest BCUT2D eigenvalue weighted by Crippen LogP contribution is 2.29. The molecule has 6 heteroatoms. The van der Waals surface area contributed by atoms with Crippen molar-refractivity contribution in [1.29, 1.82) is 0 Å². The van der Waals surface area contributed by atoms with Crippen molar-refractivity contribution in [3.8, 4) is 11.4 Å². The number of nitrogens with one attached hydrogen (secondary N) is 3. The molecule has 2 aromatic heterocycles. The number of aromatic nitrogens is 3. The number of carbonyl (C=O) groups is 1. The van der Waals surface area contributed by atoms with Gasteiger partial charge in [0.05, 0.1) is 5.69 Å². The van der Waals surface area contributed by atoms with Crippen molar-refractivity contribution in [2.45, 2.75) is 19.9 Å². The van der Waals surface area contributed by atoms with Gasteiger partial charge in [-0.15, -0.1) is 0 Å². The molecule has 1 amide bonds. The van der Waals surface area contributed by atoms with E-state index in [1.807, 2.05) is 54.7 Å². The monoisotopic (exact) mass is 387 g/mol. The summed E-state index contributed by atoms with van der Waals surface area (Å²) in [6.07, 6.45) is 2.82.